The third-order valence-corrected chi connectivity index (χ3v) is 5.74. The van der Waals surface area contributed by atoms with E-state index in [2.05, 4.69) is 21.8 Å². The van der Waals surface area contributed by atoms with E-state index in [4.69, 9.17) is 0 Å². The lowest BCUT2D eigenvalue weighted by Gasteiger charge is -2.19. The minimum Gasteiger partial charge on any atom is -0.333 e. The van der Waals surface area contributed by atoms with Gasteiger partial charge in [0.2, 0.25) is 11.1 Å². The lowest BCUT2D eigenvalue weighted by Crippen LogP contribution is -2.31. The zero-order chi connectivity index (χ0) is 16.8. The lowest BCUT2D eigenvalue weighted by atomic mass is 10.4. The van der Waals surface area contributed by atoms with Gasteiger partial charge >= 0.3 is 0 Å². The number of hydrogen-bond acceptors (Lipinski definition) is 6. The molecule has 124 valence electrons. The van der Waals surface area contributed by atoms with Gasteiger partial charge in [0.1, 0.15) is 0 Å². The Hall–Kier alpha value is -1.90. The molecule has 0 spiro atoms. The molecule has 0 bridgehead atoms. The molecule has 24 heavy (non-hydrogen) atoms. The van der Waals surface area contributed by atoms with Crippen LogP contribution in [0.1, 0.15) is 4.88 Å². The number of rotatable bonds is 8. The fraction of sp³-hybridized carbons (Fsp3) is 0.188. The summed E-state index contributed by atoms with van der Waals surface area (Å²) in [7, 11) is 0. The zero-order valence-corrected chi connectivity index (χ0v) is 15.3. The molecular formula is C16H16N4OS3. The number of thiophene rings is 2. The van der Waals surface area contributed by atoms with Gasteiger partial charge in [0.15, 0.2) is 5.82 Å². The molecule has 0 atom stereocenters. The zero-order valence-electron chi connectivity index (χ0n) is 12.8. The molecule has 5 nitrogen and oxygen atoms in total. The van der Waals surface area contributed by atoms with E-state index in [0.29, 0.717) is 24.0 Å². The van der Waals surface area contributed by atoms with Gasteiger partial charge in [0.25, 0.3) is 0 Å². The number of carbonyl (C=O) groups excluding carboxylic acids is 1. The Morgan fingerprint density at radius 3 is 2.88 bits per heavy atom. The molecule has 0 aromatic carbocycles. The van der Waals surface area contributed by atoms with Crippen molar-refractivity contribution in [2.75, 3.05) is 12.3 Å². The lowest BCUT2D eigenvalue weighted by molar-refractivity contribution is -0.128. The number of amides is 1. The van der Waals surface area contributed by atoms with Crippen LogP contribution in [0.4, 0.5) is 0 Å². The smallest absolute Gasteiger partial charge is 0.233 e. The Kier molecular flexibility index (Phi) is 5.84. The van der Waals surface area contributed by atoms with Gasteiger partial charge in [0, 0.05) is 11.4 Å². The number of carbonyl (C=O) groups is 1. The third kappa shape index (κ3) is 4.34. The quantitative estimate of drug-likeness (QED) is 0.478. The molecule has 3 aromatic rings. The minimum absolute atomic E-state index is 0.0516. The standard InChI is InChI=1S/C16H16N4OS3/c1-2-7-20(10-12-5-3-8-22-12)14(21)11-24-16-17-15(18-19-16)13-6-4-9-23-13/h2-6,8-9H,1,7,10-11H2,(H,17,18,19). The van der Waals surface area contributed by atoms with Gasteiger partial charge < -0.3 is 4.90 Å². The summed E-state index contributed by atoms with van der Waals surface area (Å²) < 4.78 is 0. The fourth-order valence-electron chi connectivity index (χ4n) is 2.05. The first-order valence-electron chi connectivity index (χ1n) is 7.26. The molecule has 0 saturated heterocycles. The van der Waals surface area contributed by atoms with Crippen LogP contribution in [-0.4, -0.2) is 38.3 Å². The number of aromatic nitrogens is 3. The maximum Gasteiger partial charge on any atom is 0.233 e. The van der Waals surface area contributed by atoms with Gasteiger partial charge in [-0.3, -0.25) is 9.89 Å². The van der Waals surface area contributed by atoms with Crippen molar-refractivity contribution in [3.63, 3.8) is 0 Å². The first-order chi connectivity index (χ1) is 11.8. The molecule has 0 unspecified atom stereocenters. The molecular weight excluding hydrogens is 360 g/mol. The van der Waals surface area contributed by atoms with Crippen LogP contribution in [0.25, 0.3) is 10.7 Å². The summed E-state index contributed by atoms with van der Waals surface area (Å²) >= 11 is 4.59. The van der Waals surface area contributed by atoms with Gasteiger partial charge in [-0.05, 0) is 22.9 Å². The van der Waals surface area contributed by atoms with Crippen LogP contribution in [0.15, 0.2) is 52.8 Å². The summed E-state index contributed by atoms with van der Waals surface area (Å²) in [6, 6.07) is 7.98. The molecule has 0 radical (unpaired) electrons. The van der Waals surface area contributed by atoms with E-state index in [9.17, 15) is 4.79 Å². The fourth-order valence-corrected chi connectivity index (χ4v) is 4.14. The number of nitrogens with one attached hydrogen (secondary N) is 1. The Labute approximate surface area is 152 Å². The first kappa shape index (κ1) is 16.9. The summed E-state index contributed by atoms with van der Waals surface area (Å²) in [5, 5.41) is 11.7. The van der Waals surface area contributed by atoms with Gasteiger partial charge in [0.05, 0.1) is 17.2 Å². The van der Waals surface area contributed by atoms with Gasteiger partial charge in [-0.25, -0.2) is 4.98 Å². The molecule has 1 N–H and O–H groups in total. The van der Waals surface area contributed by atoms with E-state index in [1.165, 1.54) is 11.8 Å². The molecule has 1 amide bonds. The average Bonchev–Trinajstić information content (AvgIpc) is 3.32. The second-order valence-electron chi connectivity index (χ2n) is 4.87. The van der Waals surface area contributed by atoms with Crippen LogP contribution < -0.4 is 0 Å². The van der Waals surface area contributed by atoms with Crippen molar-refractivity contribution in [1.82, 2.24) is 20.1 Å². The van der Waals surface area contributed by atoms with Crippen molar-refractivity contribution in [2.24, 2.45) is 0 Å². The minimum atomic E-state index is 0.0516. The number of nitrogens with zero attached hydrogens (tertiary/aromatic N) is 3. The van der Waals surface area contributed by atoms with Crippen LogP contribution in [-0.2, 0) is 11.3 Å². The maximum atomic E-state index is 12.5. The second-order valence-corrected chi connectivity index (χ2v) is 7.80. The van der Waals surface area contributed by atoms with E-state index in [0.717, 1.165) is 15.6 Å². The molecule has 8 heteroatoms. The summed E-state index contributed by atoms with van der Waals surface area (Å²) in [6.45, 7) is 4.88. The monoisotopic (exact) mass is 376 g/mol. The van der Waals surface area contributed by atoms with Crippen LogP contribution in [0.2, 0.25) is 0 Å². The van der Waals surface area contributed by atoms with E-state index in [1.54, 1.807) is 33.6 Å². The van der Waals surface area contributed by atoms with E-state index in [1.807, 2.05) is 35.0 Å². The van der Waals surface area contributed by atoms with Crippen molar-refractivity contribution < 1.29 is 4.79 Å². The summed E-state index contributed by atoms with van der Waals surface area (Å²) in [4.78, 5) is 20.9. The number of thioether (sulfide) groups is 1. The average molecular weight is 377 g/mol. The molecule has 3 aromatic heterocycles. The largest absolute Gasteiger partial charge is 0.333 e. The van der Waals surface area contributed by atoms with Crippen molar-refractivity contribution >= 4 is 40.3 Å². The Morgan fingerprint density at radius 2 is 2.17 bits per heavy atom. The number of H-pyrrole nitrogens is 1. The normalized spacial score (nSPS) is 10.7. The Bertz CT molecular complexity index is 780. The Balaban J connectivity index is 1.58. The summed E-state index contributed by atoms with van der Waals surface area (Å²) in [5.74, 6) is 1.10. The molecule has 0 aliphatic rings. The summed E-state index contributed by atoms with van der Waals surface area (Å²) in [6.07, 6.45) is 1.75. The molecule has 0 aliphatic heterocycles. The highest BCUT2D eigenvalue weighted by Gasteiger charge is 2.15. The first-order valence-corrected chi connectivity index (χ1v) is 10.0. The SMILES string of the molecule is C=CCN(Cc1cccs1)C(=O)CSc1n[nH]c(-c2cccs2)n1. The molecule has 0 saturated carbocycles. The van der Waals surface area contributed by atoms with Crippen LogP contribution >= 0.6 is 34.4 Å². The number of hydrogen-bond donors (Lipinski definition) is 1. The topological polar surface area (TPSA) is 61.9 Å². The van der Waals surface area contributed by atoms with Gasteiger partial charge in [-0.15, -0.1) is 34.4 Å². The second kappa shape index (κ2) is 8.27. The van der Waals surface area contributed by atoms with Crippen molar-refractivity contribution in [3.05, 3.63) is 52.6 Å². The van der Waals surface area contributed by atoms with Crippen LogP contribution in [0.5, 0.6) is 0 Å². The van der Waals surface area contributed by atoms with E-state index in [-0.39, 0.29) is 5.91 Å². The van der Waals surface area contributed by atoms with Crippen LogP contribution in [0.3, 0.4) is 0 Å². The van der Waals surface area contributed by atoms with Gasteiger partial charge in [-0.2, -0.15) is 0 Å². The third-order valence-electron chi connectivity index (χ3n) is 3.17. The Morgan fingerprint density at radius 1 is 1.33 bits per heavy atom. The van der Waals surface area contributed by atoms with Gasteiger partial charge in [-0.1, -0.05) is 30.0 Å². The highest BCUT2D eigenvalue weighted by molar-refractivity contribution is 7.99. The summed E-state index contributed by atoms with van der Waals surface area (Å²) in [5.41, 5.74) is 0. The maximum absolute atomic E-state index is 12.5. The molecule has 3 heterocycles. The highest BCUT2D eigenvalue weighted by atomic mass is 32.2. The molecule has 0 fully saturated rings. The molecule has 3 rings (SSSR count). The van der Waals surface area contributed by atoms with Crippen LogP contribution in [0, 0.1) is 0 Å². The predicted octanol–water partition coefficient (Wildman–Crippen LogP) is 3.90. The van der Waals surface area contributed by atoms with Crippen molar-refractivity contribution in [3.8, 4) is 10.7 Å². The van der Waals surface area contributed by atoms with Crippen molar-refractivity contribution in [2.45, 2.75) is 11.7 Å². The number of aromatic amines is 1. The predicted molar refractivity (Wildman–Crippen MR) is 100 cm³/mol. The van der Waals surface area contributed by atoms with E-state index < -0.39 is 0 Å². The highest BCUT2D eigenvalue weighted by Crippen LogP contribution is 2.23. The molecule has 0 aliphatic carbocycles. The van der Waals surface area contributed by atoms with E-state index >= 15 is 0 Å². The van der Waals surface area contributed by atoms with Crippen molar-refractivity contribution in [1.29, 1.82) is 0 Å².